The minimum absolute atomic E-state index is 0.549. The number of hydrogen-bond acceptors (Lipinski definition) is 2. The molecule has 0 aromatic heterocycles. The van der Waals surface area contributed by atoms with Gasteiger partial charge in [0.15, 0.2) is 0 Å². The van der Waals surface area contributed by atoms with Crippen molar-refractivity contribution in [1.82, 2.24) is 0 Å². The second kappa shape index (κ2) is 6.35. The number of halogens is 7. The molecule has 0 aliphatic rings. The molecule has 24 heavy (non-hydrogen) atoms. The van der Waals surface area contributed by atoms with Gasteiger partial charge < -0.3 is 4.74 Å². The summed E-state index contributed by atoms with van der Waals surface area (Å²) in [6.07, 6.45) is -10.0. The first-order valence-electron chi connectivity index (χ1n) is 6.26. The molecule has 0 atom stereocenters. The fourth-order valence-corrected chi connectivity index (χ4v) is 2.29. The third-order valence-electron chi connectivity index (χ3n) is 2.96. The Morgan fingerprint density at radius 1 is 0.917 bits per heavy atom. The van der Waals surface area contributed by atoms with E-state index >= 15 is 0 Å². The van der Waals surface area contributed by atoms with Gasteiger partial charge >= 0.3 is 12.5 Å². The number of carbonyl (C=O) groups excluding carboxylic acids is 1. The van der Waals surface area contributed by atoms with Gasteiger partial charge in [0.2, 0.25) is 0 Å². The van der Waals surface area contributed by atoms with Crippen LogP contribution in [0.4, 0.5) is 26.3 Å². The minimum atomic E-state index is -5.12. The fourth-order valence-electron chi connectivity index (χ4n) is 2.13. The van der Waals surface area contributed by atoms with Crippen LogP contribution >= 0.6 is 11.6 Å². The molecular formula is C15H7ClF6O2. The third-order valence-corrected chi connectivity index (χ3v) is 3.17. The number of alkyl halides is 6. The maximum Gasteiger partial charge on any atom is 0.573 e. The van der Waals surface area contributed by atoms with E-state index in [0.717, 1.165) is 30.3 Å². The minimum Gasteiger partial charge on any atom is -0.405 e. The van der Waals surface area contributed by atoms with Crippen molar-refractivity contribution in [3.05, 3.63) is 53.6 Å². The zero-order valence-electron chi connectivity index (χ0n) is 11.5. The molecule has 2 nitrogen and oxygen atoms in total. The van der Waals surface area contributed by atoms with Gasteiger partial charge in [0, 0.05) is 16.7 Å². The van der Waals surface area contributed by atoms with Crippen LogP contribution in [0.25, 0.3) is 11.1 Å². The standard InChI is InChI=1S/C15H7ClF6O2/c16-13(23)9-5-3-6-10(14(17,18)19)12(9)8-4-1-2-7-11(8)24-15(20,21)22/h1-7H. The molecule has 0 aliphatic heterocycles. The maximum atomic E-state index is 13.2. The highest BCUT2D eigenvalue weighted by atomic mass is 35.5. The SMILES string of the molecule is O=C(Cl)c1cccc(C(F)(F)F)c1-c1ccccc1OC(F)(F)F. The molecule has 0 spiro atoms. The zero-order valence-corrected chi connectivity index (χ0v) is 12.3. The Morgan fingerprint density at radius 2 is 1.54 bits per heavy atom. The highest BCUT2D eigenvalue weighted by molar-refractivity contribution is 6.68. The van der Waals surface area contributed by atoms with E-state index in [0.29, 0.717) is 6.07 Å². The van der Waals surface area contributed by atoms with E-state index in [-0.39, 0.29) is 0 Å². The molecule has 2 aromatic rings. The van der Waals surface area contributed by atoms with Crippen molar-refractivity contribution >= 4 is 16.8 Å². The second-order valence-corrected chi connectivity index (χ2v) is 4.89. The van der Waals surface area contributed by atoms with Crippen molar-refractivity contribution in [2.24, 2.45) is 0 Å². The largest absolute Gasteiger partial charge is 0.573 e. The van der Waals surface area contributed by atoms with Crippen LogP contribution in [-0.4, -0.2) is 11.6 Å². The molecule has 0 saturated heterocycles. The van der Waals surface area contributed by atoms with E-state index < -0.39 is 45.8 Å². The smallest absolute Gasteiger partial charge is 0.405 e. The lowest BCUT2D eigenvalue weighted by atomic mass is 9.93. The number of rotatable bonds is 3. The van der Waals surface area contributed by atoms with Crippen LogP contribution < -0.4 is 4.74 Å². The van der Waals surface area contributed by atoms with Crippen molar-refractivity contribution in [1.29, 1.82) is 0 Å². The van der Waals surface area contributed by atoms with Gasteiger partial charge in [-0.05, 0) is 29.8 Å². The number of carbonyl (C=O) groups is 1. The lowest BCUT2D eigenvalue weighted by Gasteiger charge is -2.19. The average Bonchev–Trinajstić information content (AvgIpc) is 2.44. The van der Waals surface area contributed by atoms with Crippen molar-refractivity contribution in [2.45, 2.75) is 12.5 Å². The molecule has 2 aromatic carbocycles. The van der Waals surface area contributed by atoms with E-state index in [2.05, 4.69) is 4.74 Å². The predicted molar refractivity (Wildman–Crippen MR) is 73.7 cm³/mol. The lowest BCUT2D eigenvalue weighted by Crippen LogP contribution is -2.18. The quantitative estimate of drug-likeness (QED) is 0.517. The first kappa shape index (κ1) is 18.1. The summed E-state index contributed by atoms with van der Waals surface area (Å²) in [5, 5.41) is -1.24. The Labute approximate surface area is 136 Å². The van der Waals surface area contributed by atoms with Crippen LogP contribution in [0.15, 0.2) is 42.5 Å². The van der Waals surface area contributed by atoms with Gasteiger partial charge in [-0.15, -0.1) is 13.2 Å². The molecule has 0 aliphatic carbocycles. The lowest BCUT2D eigenvalue weighted by molar-refractivity contribution is -0.274. The van der Waals surface area contributed by atoms with Gasteiger partial charge in [-0.3, -0.25) is 4.79 Å². The molecule has 2 rings (SSSR count). The summed E-state index contributed by atoms with van der Waals surface area (Å²) in [6, 6.07) is 6.77. The van der Waals surface area contributed by atoms with Crippen LogP contribution in [0.2, 0.25) is 0 Å². The Morgan fingerprint density at radius 3 is 2.08 bits per heavy atom. The molecule has 9 heteroatoms. The molecule has 128 valence electrons. The first-order valence-corrected chi connectivity index (χ1v) is 6.63. The normalized spacial score (nSPS) is 12.1. The van der Waals surface area contributed by atoms with Crippen LogP contribution in [0, 0.1) is 0 Å². The second-order valence-electron chi connectivity index (χ2n) is 4.54. The first-order chi connectivity index (χ1) is 11.0. The van der Waals surface area contributed by atoms with Crippen molar-refractivity contribution in [2.75, 3.05) is 0 Å². The van der Waals surface area contributed by atoms with Crippen LogP contribution in [-0.2, 0) is 6.18 Å². The van der Waals surface area contributed by atoms with E-state index in [9.17, 15) is 31.1 Å². The molecular weight excluding hydrogens is 362 g/mol. The summed E-state index contributed by atoms with van der Waals surface area (Å²) in [4.78, 5) is 11.5. The van der Waals surface area contributed by atoms with Crippen LogP contribution in [0.3, 0.4) is 0 Å². The van der Waals surface area contributed by atoms with Gasteiger partial charge in [-0.1, -0.05) is 24.3 Å². The van der Waals surface area contributed by atoms with E-state index in [1.54, 1.807) is 0 Å². The Balaban J connectivity index is 2.79. The highest BCUT2D eigenvalue weighted by Crippen LogP contribution is 2.43. The number of ether oxygens (including phenoxy) is 1. The molecule has 0 amide bonds. The van der Waals surface area contributed by atoms with Gasteiger partial charge in [-0.2, -0.15) is 13.2 Å². The van der Waals surface area contributed by atoms with Crippen LogP contribution in [0.1, 0.15) is 15.9 Å². The van der Waals surface area contributed by atoms with Crippen molar-refractivity contribution < 1.29 is 35.9 Å². The van der Waals surface area contributed by atoms with Crippen molar-refractivity contribution in [3.63, 3.8) is 0 Å². The Bertz CT molecular complexity index is 767. The summed E-state index contributed by atoms with van der Waals surface area (Å²) < 4.78 is 80.9. The zero-order chi connectivity index (χ0) is 18.1. The van der Waals surface area contributed by atoms with Gasteiger partial charge in [0.1, 0.15) is 5.75 Å². The van der Waals surface area contributed by atoms with Gasteiger partial charge in [-0.25, -0.2) is 0 Å². The Hall–Kier alpha value is -2.22. The predicted octanol–water partition coefficient (Wildman–Crippen LogP) is 5.65. The van der Waals surface area contributed by atoms with Crippen LogP contribution in [0.5, 0.6) is 5.75 Å². The average molecular weight is 369 g/mol. The molecule has 0 fully saturated rings. The van der Waals surface area contributed by atoms with E-state index in [1.165, 1.54) is 6.07 Å². The summed E-state index contributed by atoms with van der Waals surface area (Å²) in [5.41, 5.74) is -3.20. The molecule has 0 radical (unpaired) electrons. The molecule has 0 N–H and O–H groups in total. The molecule has 0 saturated carbocycles. The summed E-state index contributed by atoms with van der Waals surface area (Å²) in [7, 11) is 0. The monoisotopic (exact) mass is 368 g/mol. The van der Waals surface area contributed by atoms with Gasteiger partial charge in [0.05, 0.1) is 5.56 Å². The number of hydrogen-bond donors (Lipinski definition) is 0. The number of benzene rings is 2. The number of para-hydroxylation sites is 1. The van der Waals surface area contributed by atoms with Gasteiger partial charge in [0.25, 0.3) is 5.24 Å². The van der Waals surface area contributed by atoms with E-state index in [1.807, 2.05) is 0 Å². The topological polar surface area (TPSA) is 26.3 Å². The summed E-state index contributed by atoms with van der Waals surface area (Å²) >= 11 is 5.30. The van der Waals surface area contributed by atoms with E-state index in [4.69, 9.17) is 11.6 Å². The third kappa shape index (κ3) is 4.00. The summed E-state index contributed by atoms with van der Waals surface area (Å²) in [5.74, 6) is -0.874. The van der Waals surface area contributed by atoms with Crippen molar-refractivity contribution in [3.8, 4) is 16.9 Å². The summed E-state index contributed by atoms with van der Waals surface area (Å²) in [6.45, 7) is 0. The fraction of sp³-hybridized carbons (Fsp3) is 0.133. The Kier molecular flexibility index (Phi) is 4.80. The maximum absolute atomic E-state index is 13.2. The molecule has 0 unspecified atom stereocenters. The molecule has 0 bridgehead atoms. The highest BCUT2D eigenvalue weighted by Gasteiger charge is 2.37. The molecule has 0 heterocycles.